The van der Waals surface area contributed by atoms with Gasteiger partial charge in [-0.3, -0.25) is 0 Å². The van der Waals surface area contributed by atoms with Gasteiger partial charge in [0.2, 0.25) is 0 Å². The Balaban J connectivity index is 0.00000361. The Kier molecular flexibility index (Phi) is 9.37. The number of benzene rings is 1. The van der Waals surface area contributed by atoms with Gasteiger partial charge in [-0.05, 0) is 37.5 Å². The molecule has 0 aromatic heterocycles. The second kappa shape index (κ2) is 9.85. The molecule has 0 aliphatic carbocycles. The molecule has 0 atom stereocenters. The molecule has 1 aromatic rings. The first-order valence-corrected chi connectivity index (χ1v) is 6.78. The van der Waals surface area contributed by atoms with E-state index in [9.17, 15) is 0 Å². The largest absolute Gasteiger partial charge is 0.492 e. The SMILES string of the molecule is CC(C)NC(N)=NCCOc1ccc(C(C)C)cc1.I. The van der Waals surface area contributed by atoms with Crippen molar-refractivity contribution in [1.29, 1.82) is 0 Å². The van der Waals surface area contributed by atoms with Crippen LogP contribution in [0.5, 0.6) is 5.75 Å². The third kappa shape index (κ3) is 7.57. The maximum Gasteiger partial charge on any atom is 0.188 e. The van der Waals surface area contributed by atoms with Gasteiger partial charge in [0.05, 0.1) is 6.54 Å². The minimum atomic E-state index is 0. The van der Waals surface area contributed by atoms with Crippen LogP contribution in [0.1, 0.15) is 39.2 Å². The van der Waals surface area contributed by atoms with Gasteiger partial charge in [0, 0.05) is 6.04 Å². The fraction of sp³-hybridized carbons (Fsp3) is 0.533. The van der Waals surface area contributed by atoms with E-state index in [2.05, 4.69) is 36.3 Å². The van der Waals surface area contributed by atoms with Gasteiger partial charge in [-0.2, -0.15) is 0 Å². The molecule has 0 unspecified atom stereocenters. The summed E-state index contributed by atoms with van der Waals surface area (Å²) in [6.45, 7) is 9.48. The summed E-state index contributed by atoms with van der Waals surface area (Å²) < 4.78 is 5.61. The summed E-state index contributed by atoms with van der Waals surface area (Å²) in [7, 11) is 0. The Labute approximate surface area is 139 Å². The number of rotatable bonds is 6. The van der Waals surface area contributed by atoms with E-state index in [1.165, 1.54) is 5.56 Å². The molecule has 0 bridgehead atoms. The van der Waals surface area contributed by atoms with E-state index in [4.69, 9.17) is 10.5 Å². The highest BCUT2D eigenvalue weighted by Crippen LogP contribution is 2.18. The van der Waals surface area contributed by atoms with Crippen molar-refractivity contribution in [3.8, 4) is 5.75 Å². The van der Waals surface area contributed by atoms with Gasteiger partial charge < -0.3 is 15.8 Å². The number of nitrogens with zero attached hydrogens (tertiary/aromatic N) is 1. The summed E-state index contributed by atoms with van der Waals surface area (Å²) in [4.78, 5) is 4.18. The highest BCUT2D eigenvalue weighted by atomic mass is 127. The first-order valence-electron chi connectivity index (χ1n) is 6.78. The first kappa shape index (κ1) is 19.0. The van der Waals surface area contributed by atoms with Crippen LogP contribution in [0.3, 0.4) is 0 Å². The third-order valence-electron chi connectivity index (χ3n) is 2.63. The number of hydrogen-bond acceptors (Lipinski definition) is 2. The third-order valence-corrected chi connectivity index (χ3v) is 2.63. The number of hydrogen-bond donors (Lipinski definition) is 2. The van der Waals surface area contributed by atoms with Crippen LogP contribution in [-0.4, -0.2) is 25.2 Å². The molecule has 0 heterocycles. The predicted molar refractivity (Wildman–Crippen MR) is 96.2 cm³/mol. The van der Waals surface area contributed by atoms with Crippen molar-refractivity contribution >= 4 is 29.9 Å². The molecular formula is C15H26IN3O. The summed E-state index contributed by atoms with van der Waals surface area (Å²) in [6, 6.07) is 8.48. The van der Waals surface area contributed by atoms with E-state index in [1.807, 2.05) is 26.0 Å². The normalized spacial score (nSPS) is 11.4. The van der Waals surface area contributed by atoms with Gasteiger partial charge in [-0.25, -0.2) is 4.99 Å². The number of ether oxygens (including phenoxy) is 1. The molecule has 0 aliphatic heterocycles. The smallest absolute Gasteiger partial charge is 0.188 e. The van der Waals surface area contributed by atoms with Crippen molar-refractivity contribution in [2.24, 2.45) is 10.7 Å². The lowest BCUT2D eigenvalue weighted by Crippen LogP contribution is -2.37. The molecule has 20 heavy (non-hydrogen) atoms. The molecule has 0 amide bonds. The molecule has 0 aliphatic rings. The fourth-order valence-corrected chi connectivity index (χ4v) is 1.62. The molecule has 0 saturated carbocycles. The summed E-state index contributed by atoms with van der Waals surface area (Å²) in [5, 5.41) is 3.03. The zero-order valence-corrected chi connectivity index (χ0v) is 15.0. The predicted octanol–water partition coefficient (Wildman–Crippen LogP) is 3.12. The van der Waals surface area contributed by atoms with Gasteiger partial charge in [-0.15, -0.1) is 24.0 Å². The van der Waals surface area contributed by atoms with Crippen LogP contribution in [-0.2, 0) is 0 Å². The van der Waals surface area contributed by atoms with Crippen LogP contribution < -0.4 is 15.8 Å². The lowest BCUT2D eigenvalue weighted by molar-refractivity contribution is 0.328. The van der Waals surface area contributed by atoms with Crippen molar-refractivity contribution in [3.05, 3.63) is 29.8 Å². The van der Waals surface area contributed by atoms with Gasteiger partial charge in [0.1, 0.15) is 12.4 Å². The molecule has 0 spiro atoms. The quantitative estimate of drug-likeness (QED) is 0.339. The highest BCUT2D eigenvalue weighted by molar-refractivity contribution is 14.0. The molecule has 1 aromatic carbocycles. The van der Waals surface area contributed by atoms with Crippen LogP contribution in [0.15, 0.2) is 29.3 Å². The van der Waals surface area contributed by atoms with Crippen molar-refractivity contribution in [2.75, 3.05) is 13.2 Å². The fourth-order valence-electron chi connectivity index (χ4n) is 1.62. The Morgan fingerprint density at radius 2 is 1.80 bits per heavy atom. The second-order valence-corrected chi connectivity index (χ2v) is 5.14. The average molecular weight is 391 g/mol. The Hall–Kier alpha value is -0.980. The lowest BCUT2D eigenvalue weighted by Gasteiger charge is -2.09. The Morgan fingerprint density at radius 3 is 2.30 bits per heavy atom. The standard InChI is InChI=1S/C15H25N3O.HI/c1-11(2)13-5-7-14(8-6-13)19-10-9-17-15(16)18-12(3)4;/h5-8,11-12H,9-10H2,1-4H3,(H3,16,17,18);1H. The second-order valence-electron chi connectivity index (χ2n) is 5.14. The molecular weight excluding hydrogens is 365 g/mol. The van der Waals surface area contributed by atoms with Gasteiger partial charge in [0.15, 0.2) is 5.96 Å². The summed E-state index contributed by atoms with van der Waals surface area (Å²) in [5.41, 5.74) is 7.01. The lowest BCUT2D eigenvalue weighted by atomic mass is 10.0. The van der Waals surface area contributed by atoms with Crippen LogP contribution >= 0.6 is 24.0 Å². The number of nitrogens with two attached hydrogens (primary N) is 1. The zero-order chi connectivity index (χ0) is 14.3. The molecule has 3 N–H and O–H groups in total. The maximum absolute atomic E-state index is 5.69. The van der Waals surface area contributed by atoms with Crippen LogP contribution in [0, 0.1) is 0 Å². The van der Waals surface area contributed by atoms with Crippen molar-refractivity contribution in [3.63, 3.8) is 0 Å². The first-order chi connectivity index (χ1) is 8.99. The van der Waals surface area contributed by atoms with E-state index in [0.717, 1.165) is 5.75 Å². The minimum Gasteiger partial charge on any atom is -0.492 e. The van der Waals surface area contributed by atoms with Crippen LogP contribution in [0.2, 0.25) is 0 Å². The molecule has 0 radical (unpaired) electrons. The molecule has 5 heteroatoms. The van der Waals surface area contributed by atoms with E-state index < -0.39 is 0 Å². The molecule has 0 saturated heterocycles. The van der Waals surface area contributed by atoms with E-state index in [-0.39, 0.29) is 24.0 Å². The van der Waals surface area contributed by atoms with Crippen LogP contribution in [0.25, 0.3) is 0 Å². The van der Waals surface area contributed by atoms with E-state index >= 15 is 0 Å². The average Bonchev–Trinajstić information content (AvgIpc) is 2.34. The Bertz CT molecular complexity index is 402. The van der Waals surface area contributed by atoms with Gasteiger partial charge >= 0.3 is 0 Å². The topological polar surface area (TPSA) is 59.6 Å². The van der Waals surface area contributed by atoms with Crippen molar-refractivity contribution in [2.45, 2.75) is 39.7 Å². The van der Waals surface area contributed by atoms with Gasteiger partial charge in [0.25, 0.3) is 0 Å². The number of halogens is 1. The van der Waals surface area contributed by atoms with Crippen molar-refractivity contribution < 1.29 is 4.74 Å². The maximum atomic E-state index is 5.69. The number of guanidine groups is 1. The highest BCUT2D eigenvalue weighted by Gasteiger charge is 1.99. The molecule has 4 nitrogen and oxygen atoms in total. The summed E-state index contributed by atoms with van der Waals surface area (Å²) in [5.74, 6) is 1.88. The Morgan fingerprint density at radius 1 is 1.20 bits per heavy atom. The molecule has 114 valence electrons. The van der Waals surface area contributed by atoms with E-state index in [1.54, 1.807) is 0 Å². The zero-order valence-electron chi connectivity index (χ0n) is 12.7. The van der Waals surface area contributed by atoms with E-state index in [0.29, 0.717) is 31.1 Å². The number of nitrogens with one attached hydrogen (secondary N) is 1. The summed E-state index contributed by atoms with van der Waals surface area (Å²) >= 11 is 0. The molecule has 1 rings (SSSR count). The van der Waals surface area contributed by atoms with Gasteiger partial charge in [-0.1, -0.05) is 26.0 Å². The summed E-state index contributed by atoms with van der Waals surface area (Å²) in [6.07, 6.45) is 0. The van der Waals surface area contributed by atoms with Crippen LogP contribution in [0.4, 0.5) is 0 Å². The van der Waals surface area contributed by atoms with Crippen molar-refractivity contribution in [1.82, 2.24) is 5.32 Å². The molecule has 0 fully saturated rings. The number of aliphatic imine (C=N–C) groups is 1. The minimum absolute atomic E-state index is 0. The monoisotopic (exact) mass is 391 g/mol.